The van der Waals surface area contributed by atoms with Crippen LogP contribution in [0.2, 0.25) is 0 Å². The molecule has 1 spiro atoms. The van der Waals surface area contributed by atoms with Crippen molar-refractivity contribution in [3.05, 3.63) is 83.9 Å². The SMILES string of the molecule is CCc1ccc(NC(=O)N2CCC3(CC2)C(=O)N(CC(=O)NCc2ccc4c(c2)OCO4)CN3c2ccccc2)cc1. The third-order valence-electron chi connectivity index (χ3n) is 8.33. The zero-order chi connectivity index (χ0) is 29.1. The van der Waals surface area contributed by atoms with Gasteiger partial charge >= 0.3 is 6.03 Å². The van der Waals surface area contributed by atoms with Gasteiger partial charge in [0.15, 0.2) is 11.5 Å². The standard InChI is InChI=1S/C32H35N5O5/c1-2-23-8-11-25(12-9-23)34-31(40)35-16-14-32(15-17-35)30(39)36(21-37(32)26-6-4-3-5-7-26)20-29(38)33-19-24-10-13-27-28(18-24)42-22-41-27/h3-13,18H,2,14-17,19-22H2,1H3,(H,33,38)(H,34,40). The van der Waals surface area contributed by atoms with E-state index in [1.54, 1.807) is 9.80 Å². The number of likely N-dealkylation sites (tertiary alicyclic amines) is 1. The lowest BCUT2D eigenvalue weighted by Gasteiger charge is -2.43. The van der Waals surface area contributed by atoms with Crippen LogP contribution in [0.1, 0.15) is 30.9 Å². The molecule has 3 heterocycles. The van der Waals surface area contributed by atoms with Gasteiger partial charge in [0.2, 0.25) is 12.7 Å². The van der Waals surface area contributed by atoms with Gasteiger partial charge in [-0.2, -0.15) is 0 Å². The molecule has 42 heavy (non-hydrogen) atoms. The smallest absolute Gasteiger partial charge is 0.321 e. The number of carbonyl (C=O) groups excluding carboxylic acids is 3. The van der Waals surface area contributed by atoms with Crippen molar-refractivity contribution in [2.75, 3.05) is 43.3 Å². The van der Waals surface area contributed by atoms with Crippen molar-refractivity contribution in [2.45, 2.75) is 38.3 Å². The second kappa shape index (κ2) is 11.6. The maximum atomic E-state index is 14.0. The highest BCUT2D eigenvalue weighted by atomic mass is 16.7. The van der Waals surface area contributed by atoms with Crippen LogP contribution in [0, 0.1) is 0 Å². The molecule has 2 fully saturated rings. The number of nitrogens with one attached hydrogen (secondary N) is 2. The van der Waals surface area contributed by atoms with Crippen LogP contribution in [0.4, 0.5) is 16.2 Å². The summed E-state index contributed by atoms with van der Waals surface area (Å²) in [5.41, 5.74) is 2.94. The summed E-state index contributed by atoms with van der Waals surface area (Å²) in [6, 6.07) is 23.0. The molecule has 10 nitrogen and oxygen atoms in total. The summed E-state index contributed by atoms with van der Waals surface area (Å²) in [5.74, 6) is 1.02. The molecule has 10 heteroatoms. The minimum absolute atomic E-state index is 0.0492. The number of ether oxygens (including phenoxy) is 2. The van der Waals surface area contributed by atoms with Gasteiger partial charge in [0, 0.05) is 31.0 Å². The number of urea groups is 1. The number of piperidine rings is 1. The molecule has 3 aromatic rings. The Morgan fingerprint density at radius 1 is 0.905 bits per heavy atom. The Hall–Kier alpha value is -4.73. The van der Waals surface area contributed by atoms with E-state index in [1.165, 1.54) is 5.56 Å². The zero-order valence-corrected chi connectivity index (χ0v) is 23.7. The van der Waals surface area contributed by atoms with Gasteiger partial charge in [0.1, 0.15) is 12.1 Å². The van der Waals surface area contributed by atoms with E-state index in [1.807, 2.05) is 72.8 Å². The van der Waals surface area contributed by atoms with Crippen molar-refractivity contribution in [2.24, 2.45) is 0 Å². The molecule has 0 aliphatic carbocycles. The molecule has 0 radical (unpaired) electrons. The number of hydrogen-bond acceptors (Lipinski definition) is 6. The zero-order valence-electron chi connectivity index (χ0n) is 23.7. The van der Waals surface area contributed by atoms with Gasteiger partial charge < -0.3 is 34.8 Å². The van der Waals surface area contributed by atoms with Crippen LogP contribution in [0.5, 0.6) is 11.5 Å². The van der Waals surface area contributed by atoms with Gasteiger partial charge in [0.05, 0.1) is 6.67 Å². The Labute approximate surface area is 245 Å². The average molecular weight is 570 g/mol. The largest absolute Gasteiger partial charge is 0.454 e. The summed E-state index contributed by atoms with van der Waals surface area (Å²) in [4.78, 5) is 45.5. The first kappa shape index (κ1) is 27.4. The fourth-order valence-electron chi connectivity index (χ4n) is 5.91. The van der Waals surface area contributed by atoms with Crippen LogP contribution in [-0.2, 0) is 22.6 Å². The van der Waals surface area contributed by atoms with E-state index in [4.69, 9.17) is 9.47 Å². The minimum Gasteiger partial charge on any atom is -0.454 e. The van der Waals surface area contributed by atoms with E-state index in [0.29, 0.717) is 50.6 Å². The molecule has 218 valence electrons. The van der Waals surface area contributed by atoms with Crippen molar-refractivity contribution in [1.82, 2.24) is 15.1 Å². The number of benzene rings is 3. The van der Waals surface area contributed by atoms with E-state index in [2.05, 4.69) is 22.5 Å². The number of aryl methyl sites for hydroxylation is 1. The molecule has 4 amide bonds. The van der Waals surface area contributed by atoms with Crippen molar-refractivity contribution in [1.29, 1.82) is 0 Å². The number of fused-ring (bicyclic) bond motifs is 1. The second-order valence-corrected chi connectivity index (χ2v) is 10.9. The van der Waals surface area contributed by atoms with Crippen molar-refractivity contribution < 1.29 is 23.9 Å². The van der Waals surface area contributed by atoms with Crippen LogP contribution >= 0.6 is 0 Å². The summed E-state index contributed by atoms with van der Waals surface area (Å²) >= 11 is 0. The van der Waals surface area contributed by atoms with Crippen LogP contribution in [-0.4, -0.2) is 66.3 Å². The fraction of sp³-hybridized carbons (Fsp3) is 0.344. The van der Waals surface area contributed by atoms with Crippen LogP contribution in [0.25, 0.3) is 0 Å². The topological polar surface area (TPSA) is 103 Å². The Kier molecular flexibility index (Phi) is 7.60. The highest BCUT2D eigenvalue weighted by Gasteiger charge is 2.54. The lowest BCUT2D eigenvalue weighted by atomic mass is 9.85. The third kappa shape index (κ3) is 5.44. The van der Waals surface area contributed by atoms with Gasteiger partial charge in [-0.15, -0.1) is 0 Å². The fourth-order valence-corrected chi connectivity index (χ4v) is 5.91. The molecule has 3 aliphatic heterocycles. The lowest BCUT2D eigenvalue weighted by Crippen LogP contribution is -2.58. The van der Waals surface area contributed by atoms with Gasteiger partial charge in [-0.25, -0.2) is 4.79 Å². The number of nitrogens with zero attached hydrogens (tertiary/aromatic N) is 3. The first-order valence-corrected chi connectivity index (χ1v) is 14.4. The second-order valence-electron chi connectivity index (χ2n) is 10.9. The van der Waals surface area contributed by atoms with Crippen LogP contribution in [0.3, 0.4) is 0 Å². The van der Waals surface area contributed by atoms with Crippen LogP contribution < -0.4 is 25.0 Å². The van der Waals surface area contributed by atoms with Crippen molar-refractivity contribution in [3.8, 4) is 11.5 Å². The third-order valence-corrected chi connectivity index (χ3v) is 8.33. The van der Waals surface area contributed by atoms with E-state index in [-0.39, 0.29) is 31.2 Å². The van der Waals surface area contributed by atoms with Crippen molar-refractivity contribution in [3.63, 3.8) is 0 Å². The molecule has 0 bridgehead atoms. The number of hydrogen-bond donors (Lipinski definition) is 2. The lowest BCUT2D eigenvalue weighted by molar-refractivity contribution is -0.137. The first-order chi connectivity index (χ1) is 20.4. The summed E-state index contributed by atoms with van der Waals surface area (Å²) in [5, 5.41) is 5.91. The Morgan fingerprint density at radius 3 is 2.36 bits per heavy atom. The minimum atomic E-state index is -0.821. The van der Waals surface area contributed by atoms with Gasteiger partial charge in [-0.1, -0.05) is 43.3 Å². The van der Waals surface area contributed by atoms with Gasteiger partial charge in [-0.3, -0.25) is 9.59 Å². The predicted molar refractivity (Wildman–Crippen MR) is 158 cm³/mol. The van der Waals surface area contributed by atoms with Gasteiger partial charge in [0.25, 0.3) is 5.91 Å². The molecule has 0 aromatic heterocycles. The number of anilines is 2. The summed E-state index contributed by atoms with van der Waals surface area (Å²) < 4.78 is 10.8. The molecule has 0 saturated carbocycles. The molecular weight excluding hydrogens is 534 g/mol. The molecule has 0 unspecified atom stereocenters. The molecule has 6 rings (SSSR count). The van der Waals surface area contributed by atoms with Gasteiger partial charge in [-0.05, 0) is 66.8 Å². The monoisotopic (exact) mass is 569 g/mol. The molecular formula is C32H35N5O5. The highest BCUT2D eigenvalue weighted by Crippen LogP contribution is 2.39. The quantitative estimate of drug-likeness (QED) is 0.447. The maximum Gasteiger partial charge on any atom is 0.321 e. The Morgan fingerprint density at radius 2 is 1.62 bits per heavy atom. The molecule has 3 aliphatic rings. The Balaban J connectivity index is 1.11. The number of rotatable bonds is 7. The Bertz CT molecular complexity index is 1450. The van der Waals surface area contributed by atoms with E-state index in [0.717, 1.165) is 23.4 Å². The normalized spacial score (nSPS) is 17.1. The number of amides is 4. The van der Waals surface area contributed by atoms with Crippen molar-refractivity contribution >= 4 is 29.2 Å². The summed E-state index contributed by atoms with van der Waals surface area (Å²) in [7, 11) is 0. The molecule has 2 saturated heterocycles. The average Bonchev–Trinajstić information content (AvgIpc) is 3.60. The van der Waals surface area contributed by atoms with E-state index in [9.17, 15) is 14.4 Å². The van der Waals surface area contributed by atoms with Crippen LogP contribution in [0.15, 0.2) is 72.8 Å². The first-order valence-electron chi connectivity index (χ1n) is 14.4. The summed E-state index contributed by atoms with van der Waals surface area (Å²) in [6.45, 7) is 3.71. The number of carbonyl (C=O) groups is 3. The van der Waals surface area contributed by atoms with E-state index >= 15 is 0 Å². The molecule has 3 aromatic carbocycles. The predicted octanol–water partition coefficient (Wildman–Crippen LogP) is 3.97. The highest BCUT2D eigenvalue weighted by molar-refractivity contribution is 5.97. The molecule has 2 N–H and O–H groups in total. The summed E-state index contributed by atoms with van der Waals surface area (Å²) in [6.07, 6.45) is 1.88. The number of para-hydroxylation sites is 1. The maximum absolute atomic E-state index is 14.0. The molecule has 0 atom stereocenters. The van der Waals surface area contributed by atoms with E-state index < -0.39 is 5.54 Å².